The van der Waals surface area contributed by atoms with Crippen LogP contribution in [0.3, 0.4) is 0 Å². The monoisotopic (exact) mass is 285 g/mol. The highest BCUT2D eigenvalue weighted by atomic mass is 16.5. The molecule has 0 unspecified atom stereocenters. The maximum atomic E-state index is 11.4. The Hall–Kier alpha value is -2.65. The van der Waals surface area contributed by atoms with Gasteiger partial charge in [0.15, 0.2) is 0 Å². The van der Waals surface area contributed by atoms with Gasteiger partial charge in [0.2, 0.25) is 0 Å². The van der Waals surface area contributed by atoms with Crippen molar-refractivity contribution in [3.8, 4) is 12.3 Å². The zero-order valence-electron chi connectivity index (χ0n) is 11.5. The topological polar surface area (TPSA) is 83.8 Å². The summed E-state index contributed by atoms with van der Waals surface area (Å²) < 4.78 is 5.25. The van der Waals surface area contributed by atoms with Crippen LogP contribution in [-0.4, -0.2) is 41.2 Å². The molecular formula is C15H15N3O3. The molecule has 2 heterocycles. The lowest BCUT2D eigenvalue weighted by atomic mass is 10.0. The number of carbonyl (C=O) groups is 1. The molecule has 2 rings (SSSR count). The van der Waals surface area contributed by atoms with Crippen LogP contribution in [0.15, 0.2) is 40.8 Å². The van der Waals surface area contributed by atoms with Gasteiger partial charge in [0, 0.05) is 18.0 Å². The van der Waals surface area contributed by atoms with E-state index < -0.39 is 12.0 Å². The number of ether oxygens (including phenoxy) is 1. The molecule has 0 aliphatic carbocycles. The molecular weight excluding hydrogens is 270 g/mol. The first-order valence-corrected chi connectivity index (χ1v) is 6.36. The van der Waals surface area contributed by atoms with Gasteiger partial charge in [-0.25, -0.2) is 4.79 Å². The van der Waals surface area contributed by atoms with Gasteiger partial charge in [0.25, 0.3) is 0 Å². The molecule has 1 aliphatic rings. The molecule has 2 N–H and O–H groups in total. The van der Waals surface area contributed by atoms with Gasteiger partial charge in [-0.3, -0.25) is 9.98 Å². The number of amidine groups is 1. The van der Waals surface area contributed by atoms with Crippen LogP contribution < -0.4 is 5.32 Å². The largest absolute Gasteiger partial charge is 0.478 e. The second-order valence-corrected chi connectivity index (χ2v) is 4.41. The minimum atomic E-state index is -1.02. The number of aliphatic carboxylic acids is 1. The summed E-state index contributed by atoms with van der Waals surface area (Å²) in [6.45, 7) is 1.95. The third kappa shape index (κ3) is 3.46. The van der Waals surface area contributed by atoms with Gasteiger partial charge < -0.3 is 15.2 Å². The van der Waals surface area contributed by atoms with Crippen LogP contribution >= 0.6 is 0 Å². The van der Waals surface area contributed by atoms with Crippen molar-refractivity contribution in [3.63, 3.8) is 0 Å². The number of carboxylic acid groups (broad SMARTS) is 1. The molecule has 1 aliphatic heterocycles. The highest BCUT2D eigenvalue weighted by molar-refractivity contribution is 6.03. The van der Waals surface area contributed by atoms with Gasteiger partial charge in [-0.1, -0.05) is 5.92 Å². The predicted octanol–water partition coefficient (Wildman–Crippen LogP) is 0.808. The first-order valence-electron chi connectivity index (χ1n) is 6.36. The van der Waals surface area contributed by atoms with E-state index in [1.807, 2.05) is 0 Å². The van der Waals surface area contributed by atoms with Crippen LogP contribution in [0.1, 0.15) is 12.5 Å². The molecule has 0 spiro atoms. The fraction of sp³-hybridized carbons (Fsp3) is 0.267. The van der Waals surface area contributed by atoms with E-state index in [1.54, 1.807) is 31.5 Å². The summed E-state index contributed by atoms with van der Waals surface area (Å²) in [6.07, 6.45) is 8.42. The van der Waals surface area contributed by atoms with E-state index in [0.29, 0.717) is 11.5 Å². The molecule has 1 aromatic heterocycles. The molecule has 6 heteroatoms. The normalized spacial score (nSPS) is 17.7. The summed E-state index contributed by atoms with van der Waals surface area (Å²) >= 11 is 0. The van der Waals surface area contributed by atoms with Gasteiger partial charge >= 0.3 is 5.97 Å². The quantitative estimate of drug-likeness (QED) is 0.618. The standard InChI is InChI=1S/C15H15N3O3/c1-3-8-21-9-12-13(15(19)20)10(2)17-14(18-12)11-4-6-16-7-5-11/h1,4-7,10H,8-9H2,2H3,(H,17,18)(H,19,20)/t10-/m0/s1. The van der Waals surface area contributed by atoms with Crippen molar-refractivity contribution >= 4 is 11.8 Å². The highest BCUT2D eigenvalue weighted by Crippen LogP contribution is 2.18. The number of hydrogen-bond donors (Lipinski definition) is 2. The molecule has 0 radical (unpaired) electrons. The number of nitrogens with one attached hydrogen (secondary N) is 1. The van der Waals surface area contributed by atoms with Crippen molar-refractivity contribution < 1.29 is 14.6 Å². The van der Waals surface area contributed by atoms with Crippen LogP contribution in [0.5, 0.6) is 0 Å². The molecule has 1 atom stereocenters. The van der Waals surface area contributed by atoms with Crippen molar-refractivity contribution in [2.24, 2.45) is 4.99 Å². The zero-order valence-corrected chi connectivity index (χ0v) is 11.5. The van der Waals surface area contributed by atoms with Crippen molar-refractivity contribution in [1.82, 2.24) is 10.3 Å². The van der Waals surface area contributed by atoms with Gasteiger partial charge in [0.1, 0.15) is 12.4 Å². The van der Waals surface area contributed by atoms with Gasteiger partial charge in [-0.15, -0.1) is 6.42 Å². The number of pyridine rings is 1. The maximum absolute atomic E-state index is 11.4. The second-order valence-electron chi connectivity index (χ2n) is 4.41. The lowest BCUT2D eigenvalue weighted by molar-refractivity contribution is -0.133. The first-order chi connectivity index (χ1) is 10.1. The van der Waals surface area contributed by atoms with Crippen LogP contribution in [0.25, 0.3) is 0 Å². The van der Waals surface area contributed by atoms with Gasteiger partial charge in [0.05, 0.1) is 23.9 Å². The molecule has 0 saturated heterocycles. The average molecular weight is 285 g/mol. The molecule has 0 bridgehead atoms. The molecule has 21 heavy (non-hydrogen) atoms. The van der Waals surface area contributed by atoms with E-state index in [-0.39, 0.29) is 18.8 Å². The van der Waals surface area contributed by atoms with Crippen molar-refractivity contribution in [3.05, 3.63) is 41.4 Å². The van der Waals surface area contributed by atoms with E-state index >= 15 is 0 Å². The van der Waals surface area contributed by atoms with Crippen LogP contribution in [0.4, 0.5) is 0 Å². The van der Waals surface area contributed by atoms with Gasteiger partial charge in [-0.2, -0.15) is 0 Å². The van der Waals surface area contributed by atoms with Crippen LogP contribution in [0, 0.1) is 12.3 Å². The van der Waals surface area contributed by atoms with E-state index in [4.69, 9.17) is 11.2 Å². The third-order valence-corrected chi connectivity index (χ3v) is 2.95. The molecule has 0 amide bonds. The summed E-state index contributed by atoms with van der Waals surface area (Å²) in [5.41, 5.74) is 1.48. The molecule has 0 aromatic carbocycles. The zero-order chi connectivity index (χ0) is 15.2. The lowest BCUT2D eigenvalue weighted by Gasteiger charge is -2.24. The summed E-state index contributed by atoms with van der Waals surface area (Å²) in [7, 11) is 0. The lowest BCUT2D eigenvalue weighted by Crippen LogP contribution is -2.37. The smallest absolute Gasteiger partial charge is 0.335 e. The Morgan fingerprint density at radius 1 is 1.52 bits per heavy atom. The fourth-order valence-corrected chi connectivity index (χ4v) is 2.04. The Balaban J connectivity index is 2.27. The molecule has 0 fully saturated rings. The SMILES string of the molecule is C#CCOCC1=C(C(=O)O)[C@H](C)N=C(c2ccncc2)N1. The summed E-state index contributed by atoms with van der Waals surface area (Å²) in [5.74, 6) is 1.92. The Labute approximate surface area is 122 Å². The minimum absolute atomic E-state index is 0.0975. The van der Waals surface area contributed by atoms with E-state index in [0.717, 1.165) is 5.56 Å². The number of rotatable bonds is 5. The Bertz CT molecular complexity index is 629. The van der Waals surface area contributed by atoms with Gasteiger partial charge in [-0.05, 0) is 19.1 Å². The Morgan fingerprint density at radius 3 is 2.86 bits per heavy atom. The molecule has 0 saturated carbocycles. The first kappa shape index (κ1) is 14.8. The van der Waals surface area contributed by atoms with E-state index in [2.05, 4.69) is 21.2 Å². The second kappa shape index (κ2) is 6.68. The number of carboxylic acids is 1. The third-order valence-electron chi connectivity index (χ3n) is 2.95. The number of aliphatic imine (C=N–C) groups is 1. The van der Waals surface area contributed by atoms with Crippen molar-refractivity contribution in [2.45, 2.75) is 13.0 Å². The molecule has 108 valence electrons. The summed E-state index contributed by atoms with van der Waals surface area (Å²) in [4.78, 5) is 19.7. The number of aromatic nitrogens is 1. The summed E-state index contributed by atoms with van der Waals surface area (Å²) in [5, 5.41) is 12.3. The Morgan fingerprint density at radius 2 is 2.24 bits per heavy atom. The van der Waals surface area contributed by atoms with E-state index in [1.165, 1.54) is 0 Å². The number of hydrogen-bond acceptors (Lipinski definition) is 5. The predicted molar refractivity (Wildman–Crippen MR) is 77.7 cm³/mol. The highest BCUT2D eigenvalue weighted by Gasteiger charge is 2.26. The number of terminal acetylenes is 1. The van der Waals surface area contributed by atoms with Crippen LogP contribution in [0.2, 0.25) is 0 Å². The molecule has 1 aromatic rings. The number of nitrogens with zero attached hydrogens (tertiary/aromatic N) is 2. The fourth-order valence-electron chi connectivity index (χ4n) is 2.04. The average Bonchev–Trinajstić information content (AvgIpc) is 2.47. The minimum Gasteiger partial charge on any atom is -0.478 e. The Kier molecular flexibility index (Phi) is 4.69. The van der Waals surface area contributed by atoms with Crippen LogP contribution in [-0.2, 0) is 9.53 Å². The van der Waals surface area contributed by atoms with E-state index in [9.17, 15) is 9.90 Å². The maximum Gasteiger partial charge on any atom is 0.335 e. The summed E-state index contributed by atoms with van der Waals surface area (Å²) in [6, 6.07) is 3.12. The molecule has 6 nitrogen and oxygen atoms in total. The van der Waals surface area contributed by atoms with Crippen molar-refractivity contribution in [2.75, 3.05) is 13.2 Å². The van der Waals surface area contributed by atoms with Crippen molar-refractivity contribution in [1.29, 1.82) is 0 Å².